The van der Waals surface area contributed by atoms with Crippen LogP contribution in [0.1, 0.15) is 18.6 Å². The minimum Gasteiger partial charge on any atom is -0.466 e. The second-order valence-corrected chi connectivity index (χ2v) is 5.58. The molecule has 1 aromatic heterocycles. The van der Waals surface area contributed by atoms with E-state index in [1.807, 2.05) is 0 Å². The van der Waals surface area contributed by atoms with E-state index in [1.54, 1.807) is 12.1 Å². The van der Waals surface area contributed by atoms with E-state index >= 15 is 0 Å². The van der Waals surface area contributed by atoms with Gasteiger partial charge in [0.05, 0.1) is 12.8 Å². The van der Waals surface area contributed by atoms with E-state index in [2.05, 4.69) is 10.6 Å². The summed E-state index contributed by atoms with van der Waals surface area (Å²) in [5.74, 6) is -1.40. The Bertz CT molecular complexity index is 681. The first-order valence-electron chi connectivity index (χ1n) is 7.26. The summed E-state index contributed by atoms with van der Waals surface area (Å²) < 4.78 is 32.2. The molecule has 3 N–H and O–H groups in total. The van der Waals surface area contributed by atoms with E-state index in [0.717, 1.165) is 25.0 Å². The average molecular weight is 322 g/mol. The fourth-order valence-electron chi connectivity index (χ4n) is 2.51. The summed E-state index contributed by atoms with van der Waals surface area (Å²) in [5, 5.41) is 15.3. The largest absolute Gasteiger partial charge is 0.466 e. The van der Waals surface area contributed by atoms with Gasteiger partial charge in [-0.15, -0.1) is 0 Å². The van der Waals surface area contributed by atoms with Crippen LogP contribution in [-0.4, -0.2) is 17.7 Å². The Morgan fingerprint density at radius 3 is 2.52 bits per heavy atom. The molecular formula is C16H16F2N2O3. The van der Waals surface area contributed by atoms with E-state index < -0.39 is 29.0 Å². The van der Waals surface area contributed by atoms with Crippen molar-refractivity contribution in [3.8, 4) is 0 Å². The van der Waals surface area contributed by atoms with Gasteiger partial charge in [0.25, 0.3) is 0 Å². The lowest BCUT2D eigenvalue weighted by molar-refractivity contribution is -0.00414. The number of hydrogen-bond acceptors (Lipinski definition) is 3. The third kappa shape index (κ3) is 3.19. The van der Waals surface area contributed by atoms with Crippen molar-refractivity contribution in [2.75, 3.05) is 11.9 Å². The van der Waals surface area contributed by atoms with E-state index in [4.69, 9.17) is 4.42 Å². The number of furan rings is 1. The molecule has 23 heavy (non-hydrogen) atoms. The number of hydrogen-bond donors (Lipinski definition) is 3. The number of para-hydroxylation sites is 1. The predicted octanol–water partition coefficient (Wildman–Crippen LogP) is 2.98. The minimum absolute atomic E-state index is 0.0147. The Morgan fingerprint density at radius 1 is 1.26 bits per heavy atom. The molecule has 1 unspecified atom stereocenters. The maximum absolute atomic E-state index is 13.5. The van der Waals surface area contributed by atoms with E-state index in [0.29, 0.717) is 5.76 Å². The second-order valence-electron chi connectivity index (χ2n) is 5.58. The molecule has 0 spiro atoms. The molecule has 1 atom stereocenters. The van der Waals surface area contributed by atoms with Crippen molar-refractivity contribution in [1.29, 1.82) is 0 Å². The molecule has 1 fully saturated rings. The molecule has 122 valence electrons. The summed E-state index contributed by atoms with van der Waals surface area (Å²) in [5.41, 5.74) is -1.85. The van der Waals surface area contributed by atoms with Gasteiger partial charge in [-0.25, -0.2) is 13.6 Å². The summed E-state index contributed by atoms with van der Waals surface area (Å²) in [6, 6.07) is 5.77. The van der Waals surface area contributed by atoms with Gasteiger partial charge < -0.3 is 20.2 Å². The molecular weight excluding hydrogens is 306 g/mol. The van der Waals surface area contributed by atoms with Crippen LogP contribution in [0.2, 0.25) is 0 Å². The number of urea groups is 1. The molecule has 0 bridgehead atoms. The molecule has 3 rings (SSSR count). The topological polar surface area (TPSA) is 74.5 Å². The van der Waals surface area contributed by atoms with Crippen LogP contribution in [0.3, 0.4) is 0 Å². The third-order valence-electron chi connectivity index (χ3n) is 3.92. The van der Waals surface area contributed by atoms with E-state index in [9.17, 15) is 18.7 Å². The molecule has 5 nitrogen and oxygen atoms in total. The van der Waals surface area contributed by atoms with Gasteiger partial charge in [0.15, 0.2) is 0 Å². The lowest BCUT2D eigenvalue weighted by Crippen LogP contribution is -2.43. The molecule has 1 heterocycles. The molecule has 1 saturated carbocycles. The number of nitrogens with one attached hydrogen (secondary N) is 2. The molecule has 2 amide bonds. The van der Waals surface area contributed by atoms with Crippen molar-refractivity contribution in [2.24, 2.45) is 5.92 Å². The van der Waals surface area contributed by atoms with Crippen LogP contribution in [0.25, 0.3) is 0 Å². The zero-order chi connectivity index (χ0) is 16.4. The van der Waals surface area contributed by atoms with Crippen LogP contribution >= 0.6 is 0 Å². The van der Waals surface area contributed by atoms with Crippen molar-refractivity contribution >= 4 is 11.7 Å². The summed E-state index contributed by atoms with van der Waals surface area (Å²) in [6.07, 6.45) is 3.09. The van der Waals surface area contributed by atoms with Gasteiger partial charge in [-0.05, 0) is 43.0 Å². The predicted molar refractivity (Wildman–Crippen MR) is 78.7 cm³/mol. The highest BCUT2D eigenvalue weighted by molar-refractivity contribution is 5.89. The Kier molecular flexibility index (Phi) is 4.04. The molecule has 0 radical (unpaired) electrons. The highest BCUT2D eigenvalue weighted by Crippen LogP contribution is 2.45. The highest BCUT2D eigenvalue weighted by Gasteiger charge is 2.47. The van der Waals surface area contributed by atoms with Crippen LogP contribution in [0.4, 0.5) is 19.3 Å². The standard InChI is InChI=1S/C16H16F2N2O3/c17-11-3-1-4-12(18)14(11)20-15(21)19-9-16(22,10-6-7-10)13-5-2-8-23-13/h1-5,8,10,22H,6-7,9H2,(H2,19,20,21). The van der Waals surface area contributed by atoms with Gasteiger partial charge in [-0.3, -0.25) is 0 Å². The summed E-state index contributed by atoms with van der Waals surface area (Å²) >= 11 is 0. The Labute approximate surface area is 131 Å². The van der Waals surface area contributed by atoms with Crippen molar-refractivity contribution in [1.82, 2.24) is 5.32 Å². The molecule has 2 aromatic rings. The maximum atomic E-state index is 13.5. The first-order valence-corrected chi connectivity index (χ1v) is 7.26. The lowest BCUT2D eigenvalue weighted by atomic mass is 9.94. The monoisotopic (exact) mass is 322 g/mol. The molecule has 1 aliphatic carbocycles. The van der Waals surface area contributed by atoms with Crippen molar-refractivity contribution in [3.05, 3.63) is 54.0 Å². The Morgan fingerprint density at radius 2 is 1.96 bits per heavy atom. The van der Waals surface area contributed by atoms with Crippen molar-refractivity contribution in [3.63, 3.8) is 0 Å². The number of anilines is 1. The Balaban J connectivity index is 1.66. The summed E-state index contributed by atoms with van der Waals surface area (Å²) in [7, 11) is 0. The third-order valence-corrected chi connectivity index (χ3v) is 3.92. The smallest absolute Gasteiger partial charge is 0.319 e. The number of halogens is 2. The van der Waals surface area contributed by atoms with Gasteiger partial charge in [0.2, 0.25) is 0 Å². The Hall–Kier alpha value is -2.41. The molecule has 1 aliphatic rings. The maximum Gasteiger partial charge on any atom is 0.319 e. The SMILES string of the molecule is O=C(NCC(O)(c1ccco1)C1CC1)Nc1c(F)cccc1F. The number of rotatable bonds is 5. The number of carbonyl (C=O) groups excluding carboxylic acids is 1. The first-order chi connectivity index (χ1) is 11.0. The van der Waals surface area contributed by atoms with Crippen molar-refractivity contribution < 1.29 is 23.1 Å². The number of benzene rings is 1. The minimum atomic E-state index is -1.32. The fraction of sp³-hybridized carbons (Fsp3) is 0.312. The number of carbonyl (C=O) groups is 1. The van der Waals surface area contributed by atoms with Crippen LogP contribution in [0.15, 0.2) is 41.0 Å². The van der Waals surface area contributed by atoms with Crippen LogP contribution < -0.4 is 10.6 Å². The normalized spacial score (nSPS) is 16.7. The van der Waals surface area contributed by atoms with Gasteiger partial charge in [0, 0.05) is 0 Å². The lowest BCUT2D eigenvalue weighted by Gasteiger charge is -2.26. The van der Waals surface area contributed by atoms with Gasteiger partial charge in [0.1, 0.15) is 28.7 Å². The average Bonchev–Trinajstić information content (AvgIpc) is 3.24. The first kappa shape index (κ1) is 15.5. The number of amides is 2. The van der Waals surface area contributed by atoms with Crippen LogP contribution in [0, 0.1) is 17.6 Å². The van der Waals surface area contributed by atoms with E-state index in [1.165, 1.54) is 12.3 Å². The van der Waals surface area contributed by atoms with Crippen molar-refractivity contribution in [2.45, 2.75) is 18.4 Å². The van der Waals surface area contributed by atoms with Gasteiger partial charge in [-0.2, -0.15) is 0 Å². The second kappa shape index (κ2) is 6.00. The fourth-order valence-corrected chi connectivity index (χ4v) is 2.51. The van der Waals surface area contributed by atoms with E-state index in [-0.39, 0.29) is 12.5 Å². The summed E-state index contributed by atoms with van der Waals surface area (Å²) in [4.78, 5) is 11.9. The van der Waals surface area contributed by atoms with Crippen LogP contribution in [0.5, 0.6) is 0 Å². The van der Waals surface area contributed by atoms with Gasteiger partial charge >= 0.3 is 6.03 Å². The zero-order valence-corrected chi connectivity index (χ0v) is 12.2. The quantitative estimate of drug-likeness (QED) is 0.792. The molecule has 1 aromatic carbocycles. The molecule has 0 aliphatic heterocycles. The van der Waals surface area contributed by atoms with Crippen LogP contribution in [-0.2, 0) is 5.60 Å². The van der Waals surface area contributed by atoms with Gasteiger partial charge in [-0.1, -0.05) is 6.07 Å². The molecule has 0 saturated heterocycles. The number of aliphatic hydroxyl groups is 1. The zero-order valence-electron chi connectivity index (χ0n) is 12.2. The molecule has 7 heteroatoms. The summed E-state index contributed by atoms with van der Waals surface area (Å²) in [6.45, 7) is -0.118. The highest BCUT2D eigenvalue weighted by atomic mass is 19.1.